The van der Waals surface area contributed by atoms with Crippen LogP contribution in [0.2, 0.25) is 0 Å². The van der Waals surface area contributed by atoms with Crippen LogP contribution in [0.25, 0.3) is 11.1 Å². The standard InChI is InChI=1S/C22H25N3O4/c1-13(2)19-11-18(20-14(3)25-29-22(20)24-19)21(26)23-15-6-8-16(9-7-15)28-12-17-5-4-10-27-17/h6-9,11,13,17H,4-5,10,12H2,1-3H3,(H,23,26). The fraction of sp³-hybridized carbons (Fsp3) is 0.409. The first-order chi connectivity index (χ1) is 14.0. The van der Waals surface area contributed by atoms with Crippen molar-refractivity contribution in [3.05, 3.63) is 47.3 Å². The van der Waals surface area contributed by atoms with Gasteiger partial charge < -0.3 is 19.3 Å². The molecule has 0 aliphatic carbocycles. The summed E-state index contributed by atoms with van der Waals surface area (Å²) in [5.74, 6) is 0.692. The molecule has 7 heteroatoms. The van der Waals surface area contributed by atoms with Crippen LogP contribution in [-0.2, 0) is 4.74 Å². The van der Waals surface area contributed by atoms with Crippen LogP contribution in [0.4, 0.5) is 5.69 Å². The average Bonchev–Trinajstić information content (AvgIpc) is 3.37. The van der Waals surface area contributed by atoms with E-state index in [-0.39, 0.29) is 17.9 Å². The Hall–Kier alpha value is -2.93. The highest BCUT2D eigenvalue weighted by molar-refractivity contribution is 6.12. The number of aryl methyl sites for hydroxylation is 1. The third-order valence-electron chi connectivity index (χ3n) is 5.05. The number of carbonyl (C=O) groups excluding carboxylic acids is 1. The molecule has 3 heterocycles. The lowest BCUT2D eigenvalue weighted by molar-refractivity contribution is 0.0679. The maximum Gasteiger partial charge on any atom is 0.259 e. The summed E-state index contributed by atoms with van der Waals surface area (Å²) >= 11 is 0. The average molecular weight is 395 g/mol. The quantitative estimate of drug-likeness (QED) is 0.663. The molecule has 1 unspecified atom stereocenters. The van der Waals surface area contributed by atoms with Gasteiger partial charge in [0.15, 0.2) is 0 Å². The van der Waals surface area contributed by atoms with E-state index >= 15 is 0 Å². The first-order valence-electron chi connectivity index (χ1n) is 9.94. The number of fused-ring (bicyclic) bond motifs is 1. The molecule has 1 amide bonds. The number of aromatic nitrogens is 2. The highest BCUT2D eigenvalue weighted by Crippen LogP contribution is 2.26. The van der Waals surface area contributed by atoms with Gasteiger partial charge in [0.2, 0.25) is 0 Å². The van der Waals surface area contributed by atoms with Gasteiger partial charge in [0.25, 0.3) is 11.6 Å². The fourth-order valence-corrected chi connectivity index (χ4v) is 3.39. The van der Waals surface area contributed by atoms with Gasteiger partial charge in [-0.15, -0.1) is 0 Å². The second-order valence-corrected chi connectivity index (χ2v) is 7.62. The van der Waals surface area contributed by atoms with Crippen LogP contribution in [0.1, 0.15) is 54.4 Å². The maximum atomic E-state index is 13.0. The Morgan fingerprint density at radius 2 is 2.10 bits per heavy atom. The molecular formula is C22H25N3O4. The van der Waals surface area contributed by atoms with E-state index in [9.17, 15) is 4.79 Å². The van der Waals surface area contributed by atoms with Crippen LogP contribution in [0, 0.1) is 6.92 Å². The van der Waals surface area contributed by atoms with Crippen molar-refractivity contribution in [2.75, 3.05) is 18.5 Å². The minimum Gasteiger partial charge on any atom is -0.491 e. The molecular weight excluding hydrogens is 370 g/mol. The normalized spacial score (nSPS) is 16.5. The molecule has 3 aromatic rings. The number of ether oxygens (including phenoxy) is 2. The molecule has 1 atom stereocenters. The van der Waals surface area contributed by atoms with E-state index in [1.807, 2.05) is 44.2 Å². The van der Waals surface area contributed by atoms with Crippen molar-refractivity contribution in [2.45, 2.75) is 45.6 Å². The van der Waals surface area contributed by atoms with Crippen LogP contribution in [0.5, 0.6) is 5.75 Å². The number of hydrogen-bond donors (Lipinski definition) is 1. The largest absolute Gasteiger partial charge is 0.491 e. The van der Waals surface area contributed by atoms with Gasteiger partial charge in [-0.25, -0.2) is 4.98 Å². The summed E-state index contributed by atoms with van der Waals surface area (Å²) in [5.41, 5.74) is 3.01. The van der Waals surface area contributed by atoms with Crippen LogP contribution < -0.4 is 10.1 Å². The van der Waals surface area contributed by atoms with Crippen LogP contribution in [0.15, 0.2) is 34.9 Å². The molecule has 1 aliphatic heterocycles. The monoisotopic (exact) mass is 395 g/mol. The number of benzene rings is 1. The Balaban J connectivity index is 1.49. The lowest BCUT2D eigenvalue weighted by Gasteiger charge is -2.12. The number of pyridine rings is 1. The first-order valence-corrected chi connectivity index (χ1v) is 9.94. The molecule has 7 nitrogen and oxygen atoms in total. The van der Waals surface area contributed by atoms with E-state index in [0.29, 0.717) is 34.7 Å². The third-order valence-corrected chi connectivity index (χ3v) is 5.05. The van der Waals surface area contributed by atoms with E-state index in [1.165, 1.54) is 0 Å². The highest BCUT2D eigenvalue weighted by atomic mass is 16.5. The molecule has 1 aliphatic rings. The zero-order chi connectivity index (χ0) is 20.4. The van der Waals surface area contributed by atoms with Gasteiger partial charge >= 0.3 is 0 Å². The molecule has 1 aromatic carbocycles. The summed E-state index contributed by atoms with van der Waals surface area (Å²) in [6.07, 6.45) is 2.30. The zero-order valence-corrected chi connectivity index (χ0v) is 16.9. The third kappa shape index (κ3) is 4.24. The van der Waals surface area contributed by atoms with Crippen molar-refractivity contribution in [1.82, 2.24) is 10.1 Å². The summed E-state index contributed by atoms with van der Waals surface area (Å²) in [5, 5.41) is 7.55. The molecule has 4 rings (SSSR count). The van der Waals surface area contributed by atoms with E-state index in [1.54, 1.807) is 6.92 Å². The summed E-state index contributed by atoms with van der Waals surface area (Å²) in [7, 11) is 0. The van der Waals surface area contributed by atoms with Crippen LogP contribution >= 0.6 is 0 Å². The molecule has 1 saturated heterocycles. The number of rotatable bonds is 6. The molecule has 0 radical (unpaired) electrons. The number of amides is 1. The number of nitrogens with one attached hydrogen (secondary N) is 1. The summed E-state index contributed by atoms with van der Waals surface area (Å²) in [6.45, 7) is 7.21. The maximum absolute atomic E-state index is 13.0. The molecule has 0 saturated carbocycles. The van der Waals surface area contributed by atoms with Gasteiger partial charge in [0.1, 0.15) is 12.4 Å². The predicted molar refractivity (Wildman–Crippen MR) is 109 cm³/mol. The summed E-state index contributed by atoms with van der Waals surface area (Å²) < 4.78 is 16.6. The van der Waals surface area contributed by atoms with Crippen molar-refractivity contribution in [2.24, 2.45) is 0 Å². The predicted octanol–water partition coefficient (Wildman–Crippen LogP) is 4.46. The molecule has 2 aromatic heterocycles. The Bertz CT molecular complexity index is 1000. The van der Waals surface area contributed by atoms with Crippen LogP contribution in [0.3, 0.4) is 0 Å². The lowest BCUT2D eigenvalue weighted by atomic mass is 10.0. The van der Waals surface area contributed by atoms with Crippen molar-refractivity contribution < 1.29 is 18.8 Å². The van der Waals surface area contributed by atoms with Crippen molar-refractivity contribution in [3.63, 3.8) is 0 Å². The Labute approximate surface area is 169 Å². The second-order valence-electron chi connectivity index (χ2n) is 7.62. The molecule has 152 valence electrons. The molecule has 29 heavy (non-hydrogen) atoms. The SMILES string of the molecule is Cc1noc2nc(C(C)C)cc(C(=O)Nc3ccc(OCC4CCCO4)cc3)c12. The highest BCUT2D eigenvalue weighted by Gasteiger charge is 2.20. The summed E-state index contributed by atoms with van der Waals surface area (Å²) in [6, 6.07) is 9.15. The fourth-order valence-electron chi connectivity index (χ4n) is 3.39. The molecule has 0 spiro atoms. The molecule has 0 bridgehead atoms. The van der Waals surface area contributed by atoms with Gasteiger partial charge in [0.05, 0.1) is 22.7 Å². The minimum atomic E-state index is -0.223. The first kappa shape index (κ1) is 19.4. The van der Waals surface area contributed by atoms with Gasteiger partial charge in [0, 0.05) is 18.0 Å². The van der Waals surface area contributed by atoms with Crippen LogP contribution in [-0.4, -0.2) is 35.4 Å². The Morgan fingerprint density at radius 1 is 1.31 bits per heavy atom. The lowest BCUT2D eigenvalue weighted by Crippen LogP contribution is -2.16. The smallest absolute Gasteiger partial charge is 0.259 e. The topological polar surface area (TPSA) is 86.5 Å². The van der Waals surface area contributed by atoms with Crippen molar-refractivity contribution >= 4 is 22.7 Å². The van der Waals surface area contributed by atoms with Gasteiger partial charge in [-0.05, 0) is 56.0 Å². The van der Waals surface area contributed by atoms with E-state index < -0.39 is 0 Å². The van der Waals surface area contributed by atoms with Crippen molar-refractivity contribution in [1.29, 1.82) is 0 Å². The Morgan fingerprint density at radius 3 is 2.79 bits per heavy atom. The van der Waals surface area contributed by atoms with E-state index in [4.69, 9.17) is 14.0 Å². The minimum absolute atomic E-state index is 0.164. The van der Waals surface area contributed by atoms with Gasteiger partial charge in [-0.1, -0.05) is 19.0 Å². The van der Waals surface area contributed by atoms with E-state index in [2.05, 4.69) is 15.5 Å². The Kier molecular flexibility index (Phi) is 5.49. The van der Waals surface area contributed by atoms with E-state index in [0.717, 1.165) is 30.9 Å². The van der Waals surface area contributed by atoms with Gasteiger partial charge in [-0.3, -0.25) is 4.79 Å². The molecule has 1 fully saturated rings. The second kappa shape index (κ2) is 8.21. The van der Waals surface area contributed by atoms with Crippen molar-refractivity contribution in [3.8, 4) is 5.75 Å². The summed E-state index contributed by atoms with van der Waals surface area (Å²) in [4.78, 5) is 17.5. The molecule has 1 N–H and O–H groups in total. The number of nitrogens with zero attached hydrogens (tertiary/aromatic N) is 2. The van der Waals surface area contributed by atoms with Gasteiger partial charge in [-0.2, -0.15) is 0 Å². The zero-order valence-electron chi connectivity index (χ0n) is 16.9. The number of anilines is 1. The number of carbonyl (C=O) groups is 1. The number of hydrogen-bond acceptors (Lipinski definition) is 6.